The maximum absolute atomic E-state index is 15.1. The van der Waals surface area contributed by atoms with Crippen molar-refractivity contribution < 1.29 is 71.5 Å². The van der Waals surface area contributed by atoms with Gasteiger partial charge in [-0.15, -0.1) is 0 Å². The smallest absolute Gasteiger partial charge is 0.410 e. The third-order valence-corrected chi connectivity index (χ3v) is 16.8. The van der Waals surface area contributed by atoms with E-state index in [1.54, 1.807) is 90.1 Å². The maximum atomic E-state index is 15.1. The predicted octanol–water partition coefficient (Wildman–Crippen LogP) is 9.96. The Morgan fingerprint density at radius 2 is 1.34 bits per heavy atom. The van der Waals surface area contributed by atoms with Crippen molar-refractivity contribution in [3.8, 4) is 11.1 Å². The van der Waals surface area contributed by atoms with E-state index >= 15 is 9.59 Å². The fraction of sp³-hybridized carbons (Fsp3) is 0.500. The highest BCUT2D eigenvalue weighted by molar-refractivity contribution is 6.00. The van der Waals surface area contributed by atoms with E-state index in [0.29, 0.717) is 12.8 Å². The van der Waals surface area contributed by atoms with Crippen LogP contribution in [-0.4, -0.2) is 133 Å². The van der Waals surface area contributed by atoms with Gasteiger partial charge in [0.05, 0.1) is 35.0 Å². The summed E-state index contributed by atoms with van der Waals surface area (Å²) in [7, 11) is 1.39. The second-order valence-corrected chi connectivity index (χ2v) is 22.1. The maximum Gasteiger partial charge on any atom is 0.410 e. The lowest BCUT2D eigenvalue weighted by Gasteiger charge is -2.48. The van der Waals surface area contributed by atoms with E-state index in [1.807, 2.05) is 48.5 Å². The minimum Gasteiger partial charge on any atom is -0.458 e. The Hall–Kier alpha value is -7.64. The van der Waals surface area contributed by atoms with Gasteiger partial charge >= 0.3 is 30.1 Å². The number of nitrogens with one attached hydrogen (secondary N) is 1. The fourth-order valence-corrected chi connectivity index (χ4v) is 12.5. The molecule has 436 valence electrons. The molecule has 4 aliphatic rings. The fourth-order valence-electron chi connectivity index (χ4n) is 12.5. The van der Waals surface area contributed by atoms with Gasteiger partial charge in [0.2, 0.25) is 0 Å². The molecule has 0 aromatic heterocycles. The summed E-state index contributed by atoms with van der Waals surface area (Å²) in [6.07, 6.45) is -9.26. The number of unbranched alkanes of at least 4 members (excludes halogenated alkanes) is 1. The minimum absolute atomic E-state index is 0.106. The van der Waals surface area contributed by atoms with Crippen LogP contribution in [0.3, 0.4) is 0 Å². The molecule has 1 aliphatic carbocycles. The second kappa shape index (κ2) is 26.1. The first-order valence-electron chi connectivity index (χ1n) is 28.0. The average molecular weight is 1130 g/mol. The van der Waals surface area contributed by atoms with E-state index in [9.17, 15) is 24.0 Å². The first-order valence-corrected chi connectivity index (χ1v) is 28.0. The number of nitrogens with zero attached hydrogens (tertiary/aromatic N) is 4. The van der Waals surface area contributed by atoms with Gasteiger partial charge in [-0.3, -0.25) is 14.4 Å². The molecule has 14 atom stereocenters. The number of benzene rings is 4. The van der Waals surface area contributed by atoms with Gasteiger partial charge in [0.1, 0.15) is 30.5 Å². The van der Waals surface area contributed by atoms with E-state index in [-0.39, 0.29) is 55.4 Å². The monoisotopic (exact) mass is 1130 g/mol. The Kier molecular flexibility index (Phi) is 19.2. The summed E-state index contributed by atoms with van der Waals surface area (Å²) in [5.41, 5.74) is 9.91. The number of methoxy groups -OCH3 is 1. The highest BCUT2D eigenvalue weighted by Gasteiger charge is 2.61. The molecule has 3 heterocycles. The number of amides is 2. The topological polar surface area (TPSA) is 257 Å². The number of Topliss-reactive ketones (excluding diaryl/α,β-unsaturated/α-hetero) is 2. The molecule has 1 N–H and O–H groups in total. The highest BCUT2D eigenvalue weighted by Crippen LogP contribution is 2.46. The van der Waals surface area contributed by atoms with Gasteiger partial charge < -0.3 is 48.1 Å². The summed E-state index contributed by atoms with van der Waals surface area (Å²) in [6.45, 7) is 13.1. The molecule has 3 aliphatic heterocycles. The van der Waals surface area contributed by atoms with Crippen LogP contribution in [0.15, 0.2) is 114 Å². The Morgan fingerprint density at radius 1 is 0.768 bits per heavy atom. The standard InChI is InChI=1S/C62H73N5O15/c1-10-47-62(8)53(67(60(74)82-62)32-22-21-31-64-66-63)36(3)49(68)35(2)33-61(7,75-9)54(37(4)50(69)38(5)55(70)78-47)81-58-52(80-57(72)41-25-15-12-16-26-41)48(51(39(6)77-58)79-56(71)40-23-13-11-14-24-40)65-59(73)76-34-46-44-29-19-17-27-42(44)43-28-18-20-30-45(43)46/h11-20,23-30,35-39,46-48,51-54,58H,10,21-22,31-34H2,1-9H3,(H,65,73)/t35-,36+,37+,38-,39-,47?,48+,51-,52-,53-,54-,58+,61-,62-/m1/s1. The van der Waals surface area contributed by atoms with Crippen LogP contribution in [0.1, 0.15) is 119 Å². The third kappa shape index (κ3) is 12.5. The van der Waals surface area contributed by atoms with Gasteiger partial charge in [-0.05, 0) is 105 Å². The lowest BCUT2D eigenvalue weighted by molar-refractivity contribution is -0.305. The Bertz CT molecular complexity index is 2980. The molecule has 0 saturated carbocycles. The van der Waals surface area contributed by atoms with Crippen molar-refractivity contribution in [2.75, 3.05) is 26.8 Å². The van der Waals surface area contributed by atoms with E-state index < -0.39 is 120 Å². The van der Waals surface area contributed by atoms with Gasteiger partial charge in [0, 0.05) is 48.8 Å². The summed E-state index contributed by atoms with van der Waals surface area (Å²) in [5, 5.41) is 6.49. The highest BCUT2D eigenvalue weighted by atomic mass is 16.7. The number of esters is 3. The number of alkyl carbamates (subject to hydrolysis) is 1. The summed E-state index contributed by atoms with van der Waals surface area (Å²) in [5.74, 6) is -8.42. The van der Waals surface area contributed by atoms with Crippen LogP contribution in [0.5, 0.6) is 0 Å². The van der Waals surface area contributed by atoms with Crippen molar-refractivity contribution in [3.05, 3.63) is 142 Å². The first-order chi connectivity index (χ1) is 39.3. The van der Waals surface area contributed by atoms with Gasteiger partial charge in [0.25, 0.3) is 0 Å². The normalized spacial score (nSPS) is 30.3. The number of cyclic esters (lactones) is 1. The number of ether oxygens (including phenoxy) is 8. The first kappa shape index (κ1) is 60.5. The van der Waals surface area contributed by atoms with Crippen molar-refractivity contribution in [1.82, 2.24) is 10.2 Å². The molecule has 82 heavy (non-hydrogen) atoms. The van der Waals surface area contributed by atoms with Gasteiger partial charge in [-0.25, -0.2) is 19.2 Å². The molecular formula is C62H73N5O15. The van der Waals surface area contributed by atoms with E-state index in [2.05, 4.69) is 15.3 Å². The molecule has 20 heteroatoms. The predicted molar refractivity (Wildman–Crippen MR) is 298 cm³/mol. The van der Waals surface area contributed by atoms with E-state index in [4.69, 9.17) is 43.4 Å². The number of ketones is 2. The molecule has 0 bridgehead atoms. The molecule has 4 aromatic carbocycles. The van der Waals surface area contributed by atoms with Crippen molar-refractivity contribution >= 4 is 41.7 Å². The largest absolute Gasteiger partial charge is 0.458 e. The molecule has 3 saturated heterocycles. The molecule has 0 radical (unpaired) electrons. The van der Waals surface area contributed by atoms with Crippen LogP contribution in [0, 0.1) is 23.7 Å². The molecule has 1 unspecified atom stereocenters. The van der Waals surface area contributed by atoms with Crippen molar-refractivity contribution in [2.24, 2.45) is 28.8 Å². The number of azide groups is 1. The number of carbonyl (C=O) groups is 7. The SMILES string of the molecule is CCC1OC(=O)[C@H](C)C(=O)[C@H](C)[C@@H](O[C@@H]2O[C@H](C)[C@@H](OC(=O)c3ccccc3)[C@H](NC(=O)OCC3c4ccccc4-c4ccccc43)[C@H]2OC(=O)c2ccccc2)[C@](C)(OC)C[C@@H](C)C(=O)[C@H](C)[C@H]2N(CCCCN=[N+]=[N-])C(=O)O[C@]12C. The molecule has 4 aromatic rings. The molecule has 8 rings (SSSR count). The van der Waals surface area contributed by atoms with Gasteiger partial charge in [-0.1, -0.05) is 118 Å². The number of hydrogen-bond donors (Lipinski definition) is 1. The van der Waals surface area contributed by atoms with Gasteiger partial charge in [0.15, 0.2) is 29.9 Å². The van der Waals surface area contributed by atoms with E-state index in [1.165, 1.54) is 38.0 Å². The summed E-state index contributed by atoms with van der Waals surface area (Å²) >= 11 is 0. The second-order valence-electron chi connectivity index (χ2n) is 22.1. The quantitative estimate of drug-likeness (QED) is 0.0208. The Morgan fingerprint density at radius 3 is 1.91 bits per heavy atom. The van der Waals surface area contributed by atoms with Crippen LogP contribution >= 0.6 is 0 Å². The zero-order valence-corrected chi connectivity index (χ0v) is 47.8. The summed E-state index contributed by atoms with van der Waals surface area (Å²) in [4.78, 5) is 106. The van der Waals surface area contributed by atoms with Crippen molar-refractivity contribution in [2.45, 2.75) is 147 Å². The number of hydrogen-bond acceptors (Lipinski definition) is 16. The lowest BCUT2D eigenvalue weighted by atomic mass is 9.73. The zero-order chi connectivity index (χ0) is 59.0. The van der Waals surface area contributed by atoms with Crippen molar-refractivity contribution in [1.29, 1.82) is 0 Å². The summed E-state index contributed by atoms with van der Waals surface area (Å²) < 4.78 is 51.0. The van der Waals surface area contributed by atoms with E-state index in [0.717, 1.165) is 22.3 Å². The zero-order valence-electron chi connectivity index (χ0n) is 47.8. The summed E-state index contributed by atoms with van der Waals surface area (Å²) in [6, 6.07) is 29.4. The van der Waals surface area contributed by atoms with Crippen LogP contribution in [0.2, 0.25) is 0 Å². The number of fused-ring (bicyclic) bond motifs is 4. The van der Waals surface area contributed by atoms with Crippen molar-refractivity contribution in [3.63, 3.8) is 0 Å². The van der Waals surface area contributed by atoms with Crippen LogP contribution in [0.25, 0.3) is 21.6 Å². The Labute approximate surface area is 477 Å². The molecule has 3 fully saturated rings. The third-order valence-electron chi connectivity index (χ3n) is 16.8. The molecule has 2 amide bonds. The van der Waals surface area contributed by atoms with Gasteiger partial charge in [-0.2, -0.15) is 0 Å². The Balaban J connectivity index is 1.18. The lowest BCUT2D eigenvalue weighted by Crippen LogP contribution is -2.67. The minimum atomic E-state index is -1.70. The van der Waals surface area contributed by atoms with Crippen LogP contribution in [0.4, 0.5) is 9.59 Å². The number of rotatable bonds is 16. The van der Waals surface area contributed by atoms with Crippen LogP contribution < -0.4 is 5.32 Å². The average Bonchev–Trinajstić information content (AvgIpc) is 2.79. The molecule has 20 nitrogen and oxygen atoms in total. The van der Waals surface area contributed by atoms with Crippen LogP contribution in [-0.2, 0) is 52.3 Å². The molecule has 0 spiro atoms. The number of carbonyl (C=O) groups excluding carboxylic acids is 7. The molecular weight excluding hydrogens is 1050 g/mol.